The predicted molar refractivity (Wildman–Crippen MR) is 98.4 cm³/mol. The van der Waals surface area contributed by atoms with Gasteiger partial charge in [-0.15, -0.1) is 0 Å². The lowest BCUT2D eigenvalue weighted by Crippen LogP contribution is -2.47. The summed E-state index contributed by atoms with van der Waals surface area (Å²) < 4.78 is 43.3. The average Bonchev–Trinajstić information content (AvgIpc) is 3.05. The number of benzene rings is 1. The molecule has 2 atom stereocenters. The van der Waals surface area contributed by atoms with Gasteiger partial charge in [-0.2, -0.15) is 0 Å². The van der Waals surface area contributed by atoms with E-state index in [1.807, 2.05) is 0 Å². The van der Waals surface area contributed by atoms with Crippen LogP contribution in [0.3, 0.4) is 0 Å². The van der Waals surface area contributed by atoms with Crippen LogP contribution in [0.2, 0.25) is 0 Å². The molecule has 3 N–H and O–H groups in total. The number of halogens is 3. The van der Waals surface area contributed by atoms with Crippen LogP contribution in [0.25, 0.3) is 0 Å². The Morgan fingerprint density at radius 3 is 2.46 bits per heavy atom. The Labute approximate surface area is 161 Å². The Morgan fingerprint density at radius 2 is 1.93 bits per heavy atom. The first-order valence-corrected chi connectivity index (χ1v) is 9.08. The number of carbonyl (C=O) groups is 2. The molecular formula is C20H23F3N2O3. The summed E-state index contributed by atoms with van der Waals surface area (Å²) in [5.74, 6) is -6.88. The molecule has 1 aliphatic carbocycles. The summed E-state index contributed by atoms with van der Waals surface area (Å²) in [7, 11) is 0. The molecule has 0 radical (unpaired) electrons. The molecule has 1 aliphatic heterocycles. The Morgan fingerprint density at radius 1 is 1.29 bits per heavy atom. The third kappa shape index (κ3) is 2.99. The predicted octanol–water partition coefficient (Wildman–Crippen LogP) is 3.22. The highest BCUT2D eigenvalue weighted by Crippen LogP contribution is 2.51. The second-order valence-electron chi connectivity index (χ2n) is 7.77. The Balaban J connectivity index is 2.01. The number of aliphatic carboxylic acids is 1. The first-order chi connectivity index (χ1) is 12.9. The summed E-state index contributed by atoms with van der Waals surface area (Å²) in [5.41, 5.74) is 5.59. The highest BCUT2D eigenvalue weighted by Gasteiger charge is 2.61. The number of allylic oxidation sites excluding steroid dienone is 1. The maximum atomic E-state index is 15.0. The zero-order valence-corrected chi connectivity index (χ0v) is 16.0. The van der Waals surface area contributed by atoms with Crippen molar-refractivity contribution in [3.8, 4) is 0 Å². The van der Waals surface area contributed by atoms with Crippen molar-refractivity contribution in [3.05, 3.63) is 40.2 Å². The zero-order valence-electron chi connectivity index (χ0n) is 16.0. The smallest absolute Gasteiger partial charge is 0.339 e. The number of alkyl halides is 2. The van der Waals surface area contributed by atoms with Crippen molar-refractivity contribution in [2.24, 2.45) is 11.7 Å². The van der Waals surface area contributed by atoms with E-state index in [9.17, 15) is 22.8 Å². The van der Waals surface area contributed by atoms with Gasteiger partial charge in [-0.3, -0.25) is 4.79 Å². The number of carboxylic acid groups (broad SMARTS) is 1. The highest BCUT2D eigenvalue weighted by atomic mass is 19.3. The van der Waals surface area contributed by atoms with Crippen LogP contribution in [-0.4, -0.2) is 41.4 Å². The number of hydrogen-bond donors (Lipinski definition) is 2. The van der Waals surface area contributed by atoms with Crippen LogP contribution < -0.4 is 10.6 Å². The van der Waals surface area contributed by atoms with E-state index in [1.54, 1.807) is 13.8 Å². The topological polar surface area (TPSA) is 83.6 Å². The molecule has 2 unspecified atom stereocenters. The molecule has 1 heterocycles. The zero-order chi connectivity index (χ0) is 21.0. The summed E-state index contributed by atoms with van der Waals surface area (Å²) in [6.45, 7) is 4.63. The van der Waals surface area contributed by atoms with E-state index < -0.39 is 40.5 Å². The van der Waals surface area contributed by atoms with Gasteiger partial charge in [0.25, 0.3) is 5.92 Å². The summed E-state index contributed by atoms with van der Waals surface area (Å²) in [4.78, 5) is 25.3. The standard InChI is InChI=1S/C20H23F3N2O3/c1-4-12(18(27)28)17(26)13-7-14(21)16(11(3)10(13)2)25-8-15-19(24,9-25)5-6-20(15,22)23/h4,7,15H,5-6,8-9,24H2,1-3H3,(H,27,28)/b12-4+. The fraction of sp³-hybridized carbons (Fsp3) is 0.500. The van der Waals surface area contributed by atoms with Gasteiger partial charge in [-0.05, 0) is 44.4 Å². The van der Waals surface area contributed by atoms with Crippen LogP contribution in [0.4, 0.5) is 18.9 Å². The van der Waals surface area contributed by atoms with E-state index in [0.29, 0.717) is 11.1 Å². The number of rotatable bonds is 4. The molecule has 0 amide bonds. The maximum Gasteiger partial charge on any atom is 0.339 e. The van der Waals surface area contributed by atoms with Crippen molar-refractivity contribution in [2.45, 2.75) is 45.1 Å². The average molecular weight is 396 g/mol. The number of anilines is 1. The van der Waals surface area contributed by atoms with E-state index in [2.05, 4.69) is 0 Å². The van der Waals surface area contributed by atoms with Crippen molar-refractivity contribution >= 4 is 17.4 Å². The van der Waals surface area contributed by atoms with Crippen LogP contribution in [-0.2, 0) is 4.79 Å². The largest absolute Gasteiger partial charge is 0.478 e. The minimum absolute atomic E-state index is 0.0542. The van der Waals surface area contributed by atoms with E-state index in [4.69, 9.17) is 10.8 Å². The molecule has 1 aromatic carbocycles. The van der Waals surface area contributed by atoms with Crippen LogP contribution in [0.15, 0.2) is 17.7 Å². The third-order valence-electron chi connectivity index (χ3n) is 6.16. The summed E-state index contributed by atoms with van der Waals surface area (Å²) >= 11 is 0. The Hall–Kier alpha value is -2.35. The second kappa shape index (κ2) is 6.62. The van der Waals surface area contributed by atoms with E-state index in [0.717, 1.165) is 12.1 Å². The minimum atomic E-state index is -2.89. The van der Waals surface area contributed by atoms with Gasteiger partial charge in [0, 0.05) is 30.6 Å². The maximum absolute atomic E-state index is 15.0. The number of carbonyl (C=O) groups excluding carboxylic acids is 1. The Kier molecular flexibility index (Phi) is 4.82. The van der Waals surface area contributed by atoms with Gasteiger partial charge in [-0.1, -0.05) is 6.08 Å². The number of nitrogens with zero attached hydrogens (tertiary/aromatic N) is 1. The minimum Gasteiger partial charge on any atom is -0.478 e. The van der Waals surface area contributed by atoms with Crippen molar-refractivity contribution in [1.82, 2.24) is 0 Å². The molecule has 8 heteroatoms. The van der Waals surface area contributed by atoms with Crippen LogP contribution in [0.1, 0.15) is 41.3 Å². The van der Waals surface area contributed by atoms with Crippen LogP contribution >= 0.6 is 0 Å². The molecule has 3 rings (SSSR count). The number of Topliss-reactive ketones (excluding diaryl/α,β-unsaturated/α-hetero) is 1. The van der Waals surface area contributed by atoms with Crippen molar-refractivity contribution in [1.29, 1.82) is 0 Å². The molecule has 0 bridgehead atoms. The quantitative estimate of drug-likeness (QED) is 0.353. The first kappa shape index (κ1) is 20.4. The normalized spacial score (nSPS) is 26.5. The molecule has 1 saturated heterocycles. The first-order valence-electron chi connectivity index (χ1n) is 9.08. The number of nitrogens with two attached hydrogens (primary N) is 1. The van der Waals surface area contributed by atoms with E-state index in [-0.39, 0.29) is 37.2 Å². The van der Waals surface area contributed by atoms with Gasteiger partial charge < -0.3 is 15.7 Å². The summed E-state index contributed by atoms with van der Waals surface area (Å²) in [5, 5.41) is 9.16. The molecule has 2 fully saturated rings. The molecule has 1 saturated carbocycles. The highest BCUT2D eigenvalue weighted by molar-refractivity contribution is 6.24. The number of ketones is 1. The monoisotopic (exact) mass is 396 g/mol. The molecule has 5 nitrogen and oxygen atoms in total. The third-order valence-corrected chi connectivity index (χ3v) is 6.16. The summed E-state index contributed by atoms with van der Waals surface area (Å²) in [6.07, 6.45) is 1.06. The van der Waals surface area contributed by atoms with Gasteiger partial charge in [-0.25, -0.2) is 18.0 Å². The van der Waals surface area contributed by atoms with Gasteiger partial charge in [0.05, 0.1) is 11.6 Å². The Bertz CT molecular complexity index is 897. The SMILES string of the molecule is C/C=C(/C(=O)O)C(=O)c1cc(F)c(N2CC3C(F)(F)CCC3(N)C2)c(C)c1C. The van der Waals surface area contributed by atoms with Gasteiger partial charge in [0.15, 0.2) is 5.78 Å². The van der Waals surface area contributed by atoms with Gasteiger partial charge in [0.1, 0.15) is 11.4 Å². The number of hydrogen-bond acceptors (Lipinski definition) is 4. The molecule has 28 heavy (non-hydrogen) atoms. The molecule has 0 spiro atoms. The number of fused-ring (bicyclic) bond motifs is 1. The van der Waals surface area contributed by atoms with Gasteiger partial charge >= 0.3 is 5.97 Å². The van der Waals surface area contributed by atoms with Crippen molar-refractivity contribution < 1.29 is 27.9 Å². The fourth-order valence-electron chi connectivity index (χ4n) is 4.47. The molecular weight excluding hydrogens is 373 g/mol. The number of carboxylic acids is 1. The lowest BCUT2D eigenvalue weighted by atomic mass is 9.91. The summed E-state index contributed by atoms with van der Waals surface area (Å²) in [6, 6.07) is 0.988. The molecule has 152 valence electrons. The van der Waals surface area contributed by atoms with Crippen LogP contribution in [0.5, 0.6) is 0 Å². The van der Waals surface area contributed by atoms with E-state index in [1.165, 1.54) is 11.8 Å². The lowest BCUT2D eigenvalue weighted by Gasteiger charge is -2.26. The lowest BCUT2D eigenvalue weighted by molar-refractivity contribution is -0.132. The van der Waals surface area contributed by atoms with Crippen molar-refractivity contribution in [2.75, 3.05) is 18.0 Å². The van der Waals surface area contributed by atoms with Gasteiger partial charge in [0.2, 0.25) is 0 Å². The molecule has 0 aromatic heterocycles. The van der Waals surface area contributed by atoms with Crippen molar-refractivity contribution in [3.63, 3.8) is 0 Å². The molecule has 1 aromatic rings. The van der Waals surface area contributed by atoms with E-state index >= 15 is 0 Å². The molecule has 2 aliphatic rings. The fourth-order valence-corrected chi connectivity index (χ4v) is 4.47. The van der Waals surface area contributed by atoms with Crippen LogP contribution in [0, 0.1) is 25.6 Å². The second-order valence-corrected chi connectivity index (χ2v) is 7.77.